The monoisotopic (exact) mass is 554 g/mol. The van der Waals surface area contributed by atoms with Gasteiger partial charge in [0.05, 0.1) is 24.0 Å². The molecule has 4 rings (SSSR count). The van der Waals surface area contributed by atoms with Gasteiger partial charge in [0.2, 0.25) is 0 Å². The van der Waals surface area contributed by atoms with Gasteiger partial charge in [-0.25, -0.2) is 18.1 Å². The minimum absolute atomic E-state index is 0.0316. The van der Waals surface area contributed by atoms with Crippen LogP contribution >= 0.6 is 0 Å². The van der Waals surface area contributed by atoms with Crippen LogP contribution in [0.15, 0.2) is 36.4 Å². The highest BCUT2D eigenvalue weighted by Crippen LogP contribution is 2.37. The highest BCUT2D eigenvalue weighted by Gasteiger charge is 2.37. The van der Waals surface area contributed by atoms with Crippen LogP contribution in [0.2, 0.25) is 0 Å². The fraction of sp³-hybridized carbons (Fsp3) is 0.222. The number of halogens is 3. The van der Waals surface area contributed by atoms with E-state index in [-0.39, 0.29) is 18.0 Å². The summed E-state index contributed by atoms with van der Waals surface area (Å²) in [6.45, 7) is -0.941. The molecule has 0 atom stereocenters. The fourth-order valence-corrected chi connectivity index (χ4v) is 5.40. The molecule has 2 aromatic rings. The number of benzene rings is 2. The molecule has 2 aliphatic heterocycles. The molecule has 0 bridgehead atoms. The van der Waals surface area contributed by atoms with Crippen molar-refractivity contribution in [2.75, 3.05) is 28.8 Å². The Morgan fingerprint density at radius 3 is 1.61 bits per heavy atom. The van der Waals surface area contributed by atoms with Gasteiger partial charge in [-0.1, -0.05) is 0 Å². The van der Waals surface area contributed by atoms with Crippen LogP contribution in [0.3, 0.4) is 0 Å². The molecule has 2 saturated heterocycles. The molecule has 2 fully saturated rings. The molecule has 18 heteroatoms. The van der Waals surface area contributed by atoms with E-state index >= 15 is 0 Å². The molecular weight excluding hydrogens is 537 g/mol. The Kier molecular flexibility index (Phi) is 6.86. The first-order valence-corrected chi connectivity index (χ1v) is 12.4. The van der Waals surface area contributed by atoms with E-state index in [4.69, 9.17) is 4.74 Å². The number of hydrogen-bond acceptors (Lipinski definition) is 9. The van der Waals surface area contributed by atoms with Crippen LogP contribution in [0.4, 0.5) is 24.5 Å². The van der Waals surface area contributed by atoms with Gasteiger partial charge in [0.15, 0.2) is 0 Å². The second-order valence-corrected chi connectivity index (χ2v) is 10.3. The summed E-state index contributed by atoms with van der Waals surface area (Å²) in [5, 5.41) is 19.2. The van der Waals surface area contributed by atoms with Gasteiger partial charge in [-0.15, -0.1) is 0 Å². The number of rotatable bonds is 3. The second kappa shape index (κ2) is 9.26. The number of phenols is 2. The number of nitrogens with one attached hydrogen (secondary N) is 2. The SMILES string of the molecule is COc1ccc(N2CC(=O)NS2(=O)=O)c(O)c1.O=C1CN(c2ccc(C(F)(F)F)cc2O)S(=O)(=O)N1. The quantitative estimate of drug-likeness (QED) is 0.411. The summed E-state index contributed by atoms with van der Waals surface area (Å²) >= 11 is 0. The highest BCUT2D eigenvalue weighted by atomic mass is 32.2. The molecule has 196 valence electrons. The first kappa shape index (κ1) is 26.7. The lowest BCUT2D eigenvalue weighted by Crippen LogP contribution is -2.29. The lowest BCUT2D eigenvalue weighted by molar-refractivity contribution is -0.137. The van der Waals surface area contributed by atoms with E-state index in [0.717, 1.165) is 10.4 Å². The summed E-state index contributed by atoms with van der Waals surface area (Å²) in [7, 11) is -6.64. The maximum absolute atomic E-state index is 12.4. The van der Waals surface area contributed by atoms with Gasteiger partial charge >= 0.3 is 26.6 Å². The van der Waals surface area contributed by atoms with Crippen LogP contribution in [-0.2, 0) is 36.2 Å². The summed E-state index contributed by atoms with van der Waals surface area (Å²) in [6, 6.07) is 5.93. The van der Waals surface area contributed by atoms with E-state index in [1.54, 1.807) is 4.72 Å². The van der Waals surface area contributed by atoms with Gasteiger partial charge in [0, 0.05) is 6.07 Å². The molecule has 2 amide bonds. The lowest BCUT2D eigenvalue weighted by Gasteiger charge is -2.17. The number of alkyl halides is 3. The molecule has 0 spiro atoms. The van der Waals surface area contributed by atoms with Gasteiger partial charge in [-0.05, 0) is 30.3 Å². The van der Waals surface area contributed by atoms with E-state index < -0.39 is 62.0 Å². The van der Waals surface area contributed by atoms with E-state index in [1.807, 2.05) is 4.72 Å². The Hall–Kier alpha value is -3.93. The van der Waals surface area contributed by atoms with Crippen molar-refractivity contribution < 1.29 is 54.5 Å². The molecule has 2 heterocycles. The number of nitrogens with zero attached hydrogens (tertiary/aromatic N) is 2. The van der Waals surface area contributed by atoms with Crippen LogP contribution in [0.25, 0.3) is 0 Å². The van der Waals surface area contributed by atoms with Crippen molar-refractivity contribution in [2.45, 2.75) is 6.18 Å². The third kappa shape index (κ3) is 5.48. The molecule has 4 N–H and O–H groups in total. The number of anilines is 2. The topological polar surface area (TPSA) is 183 Å². The zero-order valence-electron chi connectivity index (χ0n) is 18.0. The zero-order valence-corrected chi connectivity index (χ0v) is 19.6. The number of ether oxygens (including phenoxy) is 1. The van der Waals surface area contributed by atoms with Crippen LogP contribution in [0.5, 0.6) is 17.2 Å². The number of phenolic OH excluding ortho intramolecular Hbond substituents is 2. The Balaban J connectivity index is 0.000000202. The number of carbonyl (C=O) groups is 2. The first-order valence-electron chi connectivity index (χ1n) is 9.49. The Morgan fingerprint density at radius 1 is 0.833 bits per heavy atom. The number of methoxy groups -OCH3 is 1. The van der Waals surface area contributed by atoms with Crippen LogP contribution in [-0.4, -0.2) is 59.1 Å². The summed E-state index contributed by atoms with van der Waals surface area (Å²) in [5.41, 5.74) is -1.49. The van der Waals surface area contributed by atoms with Gasteiger partial charge in [0.25, 0.3) is 11.8 Å². The summed E-state index contributed by atoms with van der Waals surface area (Å²) < 4.78 is 92.8. The Morgan fingerprint density at radius 2 is 1.28 bits per heavy atom. The standard InChI is InChI=1S/C9H7F3N2O4S.C9H10N2O5S/c10-9(11,12)5-1-2-6(7(15)3-5)14-4-8(16)13-19(14,17)18;1-16-6-2-3-7(8(12)4-6)11-5-9(13)10-17(11,14)15/h1-3,15H,4H2,(H,13,16);2-4,12H,5H2,1H3,(H,10,13). The van der Waals surface area contributed by atoms with E-state index in [2.05, 4.69) is 0 Å². The predicted octanol–water partition coefficient (Wildman–Crippen LogP) is 0.174. The average Bonchev–Trinajstić information content (AvgIpc) is 3.18. The van der Waals surface area contributed by atoms with Crippen molar-refractivity contribution in [3.63, 3.8) is 0 Å². The molecular formula is C18H17F3N4O9S2. The van der Waals surface area contributed by atoms with E-state index in [9.17, 15) is 49.8 Å². The smallest absolute Gasteiger partial charge is 0.416 e. The third-order valence-corrected chi connectivity index (χ3v) is 7.45. The van der Waals surface area contributed by atoms with Gasteiger partial charge in [-0.3, -0.25) is 9.59 Å². The Bertz CT molecular complexity index is 1430. The van der Waals surface area contributed by atoms with Gasteiger partial charge < -0.3 is 14.9 Å². The average molecular weight is 554 g/mol. The van der Waals surface area contributed by atoms with Crippen molar-refractivity contribution in [1.29, 1.82) is 0 Å². The zero-order chi connectivity index (χ0) is 27.1. The summed E-state index contributed by atoms with van der Waals surface area (Å²) in [4.78, 5) is 22.0. The molecule has 0 unspecified atom stereocenters. The van der Waals surface area contributed by atoms with Gasteiger partial charge in [0.1, 0.15) is 30.3 Å². The molecule has 2 aromatic carbocycles. The Labute approximate surface area is 202 Å². The molecule has 2 aliphatic rings. The van der Waals surface area contributed by atoms with Crippen LogP contribution in [0.1, 0.15) is 5.56 Å². The number of hydrogen-bond donors (Lipinski definition) is 4. The minimum atomic E-state index is -4.66. The first-order chi connectivity index (χ1) is 16.5. The lowest BCUT2D eigenvalue weighted by atomic mass is 10.2. The molecule has 0 radical (unpaired) electrons. The third-order valence-electron chi connectivity index (χ3n) is 4.66. The fourth-order valence-electron chi connectivity index (χ4n) is 3.07. The largest absolute Gasteiger partial charge is 0.506 e. The molecule has 0 saturated carbocycles. The molecule has 13 nitrogen and oxygen atoms in total. The minimum Gasteiger partial charge on any atom is -0.506 e. The predicted molar refractivity (Wildman–Crippen MR) is 117 cm³/mol. The number of aromatic hydroxyl groups is 2. The van der Waals surface area contributed by atoms with Crippen molar-refractivity contribution in [3.8, 4) is 17.2 Å². The van der Waals surface area contributed by atoms with Crippen molar-refractivity contribution in [3.05, 3.63) is 42.0 Å². The summed E-state index contributed by atoms with van der Waals surface area (Å²) in [6.07, 6.45) is -4.66. The van der Waals surface area contributed by atoms with Crippen molar-refractivity contribution in [1.82, 2.24) is 9.44 Å². The van der Waals surface area contributed by atoms with Gasteiger partial charge in [-0.2, -0.15) is 30.0 Å². The molecule has 0 aromatic heterocycles. The number of carbonyl (C=O) groups excluding carboxylic acids is 2. The maximum Gasteiger partial charge on any atom is 0.416 e. The highest BCUT2D eigenvalue weighted by molar-refractivity contribution is 7.92. The second-order valence-electron chi connectivity index (χ2n) is 7.13. The van der Waals surface area contributed by atoms with Crippen LogP contribution < -0.4 is 22.8 Å². The van der Waals surface area contributed by atoms with Crippen LogP contribution in [0, 0.1) is 0 Å². The van der Waals surface area contributed by atoms with E-state index in [1.165, 1.54) is 25.3 Å². The maximum atomic E-state index is 12.4. The summed E-state index contributed by atoms with van der Waals surface area (Å²) in [5.74, 6) is -2.24. The normalized spacial score (nSPS) is 18.2. The number of amides is 2. The van der Waals surface area contributed by atoms with E-state index in [0.29, 0.717) is 22.2 Å². The molecule has 0 aliphatic carbocycles. The van der Waals surface area contributed by atoms with Crippen molar-refractivity contribution >= 4 is 43.6 Å². The van der Waals surface area contributed by atoms with Crippen molar-refractivity contribution in [2.24, 2.45) is 0 Å². The molecule has 36 heavy (non-hydrogen) atoms.